The fraction of sp³-hybridized carbons (Fsp3) is 0.600. The van der Waals surface area contributed by atoms with Gasteiger partial charge in [0.15, 0.2) is 0 Å². The molecule has 0 N–H and O–H groups in total. The summed E-state index contributed by atoms with van der Waals surface area (Å²) in [6, 6.07) is 1.29. The Kier molecular flexibility index (Phi) is 3.56. The van der Waals surface area contributed by atoms with Crippen molar-refractivity contribution in [3.63, 3.8) is 0 Å². The third kappa shape index (κ3) is 2.83. The highest BCUT2D eigenvalue weighted by molar-refractivity contribution is 5.76. The number of likely N-dealkylation sites (N-methyl/N-ethyl adjacent to an activating group) is 1. The van der Waals surface area contributed by atoms with Crippen molar-refractivity contribution in [1.82, 2.24) is 19.6 Å². The van der Waals surface area contributed by atoms with Gasteiger partial charge in [-0.2, -0.15) is 4.68 Å². The maximum atomic E-state index is 11.9. The zero-order chi connectivity index (χ0) is 13.1. The summed E-state index contributed by atoms with van der Waals surface area (Å²) in [5.74, 6) is -0.290. The molecule has 2 heterocycles. The minimum Gasteiger partial charge on any atom is -0.358 e. The van der Waals surface area contributed by atoms with Crippen molar-refractivity contribution in [3.8, 4) is 0 Å². The lowest BCUT2D eigenvalue weighted by Gasteiger charge is -2.32. The predicted molar refractivity (Wildman–Crippen MR) is 63.0 cm³/mol. The Hall–Kier alpha value is -1.96. The molecule has 1 aromatic rings. The van der Waals surface area contributed by atoms with Crippen LogP contribution in [0.4, 0.5) is 5.82 Å². The van der Waals surface area contributed by atoms with Crippen molar-refractivity contribution >= 4 is 11.7 Å². The molecular formula is C10H15N5O3. The van der Waals surface area contributed by atoms with Gasteiger partial charge in [0.2, 0.25) is 5.91 Å². The largest absolute Gasteiger partial charge is 0.389 e. The number of aromatic nitrogens is 2. The topological polar surface area (TPSA) is 84.5 Å². The molecule has 0 spiro atoms. The van der Waals surface area contributed by atoms with E-state index in [2.05, 4.69) is 10.00 Å². The first-order valence-electron chi connectivity index (χ1n) is 5.70. The van der Waals surface area contributed by atoms with Crippen LogP contribution in [0.2, 0.25) is 0 Å². The van der Waals surface area contributed by atoms with Crippen LogP contribution in [0.15, 0.2) is 12.3 Å². The number of hydrogen-bond acceptors (Lipinski definition) is 5. The van der Waals surface area contributed by atoms with Crippen LogP contribution in [0.25, 0.3) is 0 Å². The molecule has 1 fully saturated rings. The Morgan fingerprint density at radius 2 is 2.11 bits per heavy atom. The molecule has 0 unspecified atom stereocenters. The van der Waals surface area contributed by atoms with Crippen LogP contribution in [-0.2, 0) is 11.3 Å². The van der Waals surface area contributed by atoms with E-state index in [0.29, 0.717) is 13.1 Å². The van der Waals surface area contributed by atoms with Crippen LogP contribution in [0, 0.1) is 10.1 Å². The Labute approximate surface area is 104 Å². The third-order valence-corrected chi connectivity index (χ3v) is 2.97. The second-order valence-electron chi connectivity index (χ2n) is 4.31. The monoisotopic (exact) mass is 253 g/mol. The van der Waals surface area contributed by atoms with Crippen LogP contribution in [0.1, 0.15) is 0 Å². The Morgan fingerprint density at radius 3 is 2.67 bits per heavy atom. The number of piperazine rings is 1. The van der Waals surface area contributed by atoms with Gasteiger partial charge in [-0.15, -0.1) is 0 Å². The number of carbonyl (C=O) groups is 1. The minimum atomic E-state index is -0.573. The summed E-state index contributed by atoms with van der Waals surface area (Å²) in [6.45, 7) is 3.14. The lowest BCUT2D eigenvalue weighted by Crippen LogP contribution is -2.48. The second-order valence-corrected chi connectivity index (χ2v) is 4.31. The van der Waals surface area contributed by atoms with Crippen molar-refractivity contribution in [2.24, 2.45) is 0 Å². The van der Waals surface area contributed by atoms with Crippen LogP contribution in [0.5, 0.6) is 0 Å². The van der Waals surface area contributed by atoms with E-state index in [4.69, 9.17) is 0 Å². The van der Waals surface area contributed by atoms with Gasteiger partial charge in [0.25, 0.3) is 0 Å². The molecular weight excluding hydrogens is 238 g/mol. The molecule has 1 amide bonds. The zero-order valence-electron chi connectivity index (χ0n) is 10.2. The van der Waals surface area contributed by atoms with Crippen molar-refractivity contribution in [2.75, 3.05) is 33.2 Å². The first-order chi connectivity index (χ1) is 8.56. The first-order valence-corrected chi connectivity index (χ1v) is 5.70. The summed E-state index contributed by atoms with van der Waals surface area (Å²) in [7, 11) is 2.01. The molecule has 0 bridgehead atoms. The van der Waals surface area contributed by atoms with E-state index in [9.17, 15) is 14.9 Å². The molecule has 8 nitrogen and oxygen atoms in total. The fourth-order valence-electron chi connectivity index (χ4n) is 1.83. The molecule has 0 saturated carbocycles. The van der Waals surface area contributed by atoms with Gasteiger partial charge in [0.05, 0.1) is 17.4 Å². The normalized spacial score (nSPS) is 16.8. The number of rotatable bonds is 3. The van der Waals surface area contributed by atoms with Gasteiger partial charge in [-0.05, 0) is 12.0 Å². The molecule has 98 valence electrons. The average molecular weight is 253 g/mol. The molecule has 8 heteroatoms. The smallest absolute Gasteiger partial charge is 0.358 e. The van der Waals surface area contributed by atoms with E-state index in [-0.39, 0.29) is 18.3 Å². The first kappa shape index (κ1) is 12.5. The average Bonchev–Trinajstić information content (AvgIpc) is 2.78. The molecule has 0 aliphatic carbocycles. The summed E-state index contributed by atoms with van der Waals surface area (Å²) in [5.41, 5.74) is 0. The summed E-state index contributed by atoms with van der Waals surface area (Å²) in [5, 5.41) is 14.2. The number of hydrogen-bond donors (Lipinski definition) is 0. The quantitative estimate of drug-likeness (QED) is 0.539. The predicted octanol–water partition coefficient (Wildman–Crippen LogP) is -0.435. The Morgan fingerprint density at radius 1 is 1.44 bits per heavy atom. The highest BCUT2D eigenvalue weighted by Gasteiger charge is 2.21. The van der Waals surface area contributed by atoms with Gasteiger partial charge in [0, 0.05) is 26.2 Å². The third-order valence-electron chi connectivity index (χ3n) is 2.97. The van der Waals surface area contributed by atoms with Crippen molar-refractivity contribution < 1.29 is 9.72 Å². The van der Waals surface area contributed by atoms with E-state index < -0.39 is 4.92 Å². The van der Waals surface area contributed by atoms with Gasteiger partial charge < -0.3 is 19.9 Å². The van der Waals surface area contributed by atoms with E-state index in [1.807, 2.05) is 7.05 Å². The van der Waals surface area contributed by atoms with Gasteiger partial charge >= 0.3 is 5.82 Å². The second kappa shape index (κ2) is 5.13. The Balaban J connectivity index is 1.92. The van der Waals surface area contributed by atoms with E-state index in [1.165, 1.54) is 16.9 Å². The highest BCUT2D eigenvalue weighted by atomic mass is 16.6. The van der Waals surface area contributed by atoms with Gasteiger partial charge in [0.1, 0.15) is 6.54 Å². The number of carbonyl (C=O) groups excluding carboxylic acids is 1. The van der Waals surface area contributed by atoms with Gasteiger partial charge in [-0.1, -0.05) is 0 Å². The van der Waals surface area contributed by atoms with Crippen LogP contribution in [0.3, 0.4) is 0 Å². The zero-order valence-corrected chi connectivity index (χ0v) is 10.2. The molecule has 1 aromatic heterocycles. The maximum absolute atomic E-state index is 11.9. The molecule has 0 atom stereocenters. The van der Waals surface area contributed by atoms with Crippen LogP contribution >= 0.6 is 0 Å². The SMILES string of the molecule is CN1CCN(C(=O)Cn2ccc([N+](=O)[O-])n2)CC1. The van der Waals surface area contributed by atoms with E-state index in [0.717, 1.165) is 13.1 Å². The lowest BCUT2D eigenvalue weighted by atomic mass is 10.3. The minimum absolute atomic E-state index is 0.0531. The van der Waals surface area contributed by atoms with Gasteiger partial charge in [-0.3, -0.25) is 4.79 Å². The molecule has 0 aromatic carbocycles. The molecule has 1 aliphatic heterocycles. The summed E-state index contributed by atoms with van der Waals surface area (Å²) >= 11 is 0. The van der Waals surface area contributed by atoms with Gasteiger partial charge in [-0.25, -0.2) is 0 Å². The van der Waals surface area contributed by atoms with Crippen molar-refractivity contribution in [3.05, 3.63) is 22.4 Å². The molecule has 18 heavy (non-hydrogen) atoms. The Bertz CT molecular complexity index is 450. The fourth-order valence-corrected chi connectivity index (χ4v) is 1.83. The van der Waals surface area contributed by atoms with Crippen LogP contribution in [-0.4, -0.2) is 63.6 Å². The number of amides is 1. The summed E-state index contributed by atoms with van der Waals surface area (Å²) in [4.78, 5) is 25.7. The molecule has 2 rings (SSSR count). The van der Waals surface area contributed by atoms with Crippen LogP contribution < -0.4 is 0 Å². The summed E-state index contributed by atoms with van der Waals surface area (Å²) < 4.78 is 1.30. The van der Waals surface area contributed by atoms with Crippen molar-refractivity contribution in [2.45, 2.75) is 6.54 Å². The number of nitro groups is 1. The highest BCUT2D eigenvalue weighted by Crippen LogP contribution is 2.06. The molecule has 1 aliphatic rings. The number of nitrogens with zero attached hydrogens (tertiary/aromatic N) is 5. The standard InChI is InChI=1S/C10H15N5O3/c1-12-4-6-13(7-5-12)10(16)8-14-3-2-9(11-14)15(17)18/h2-3H,4-8H2,1H3. The van der Waals surface area contributed by atoms with E-state index in [1.54, 1.807) is 4.90 Å². The lowest BCUT2D eigenvalue weighted by molar-refractivity contribution is -0.389. The summed E-state index contributed by atoms with van der Waals surface area (Å²) in [6.07, 6.45) is 1.45. The van der Waals surface area contributed by atoms with Crippen molar-refractivity contribution in [1.29, 1.82) is 0 Å². The molecule has 0 radical (unpaired) electrons. The maximum Gasteiger partial charge on any atom is 0.389 e. The van der Waals surface area contributed by atoms with E-state index >= 15 is 0 Å². The molecule has 1 saturated heterocycles.